The van der Waals surface area contributed by atoms with Crippen molar-refractivity contribution in [3.05, 3.63) is 83.0 Å². The molecule has 166 valence electrons. The number of hydrogen-bond acceptors (Lipinski definition) is 5. The maximum atomic E-state index is 12.5. The number of methoxy groups -OCH3 is 1. The summed E-state index contributed by atoms with van der Waals surface area (Å²) in [6.45, 7) is 0.322. The Labute approximate surface area is 194 Å². The molecule has 4 aromatic rings. The lowest BCUT2D eigenvalue weighted by Gasteiger charge is -2.10. The van der Waals surface area contributed by atoms with Crippen molar-refractivity contribution < 1.29 is 24.1 Å². The van der Waals surface area contributed by atoms with Crippen molar-refractivity contribution in [3.8, 4) is 39.6 Å². The van der Waals surface area contributed by atoms with E-state index in [1.54, 1.807) is 19.2 Å². The van der Waals surface area contributed by atoms with E-state index >= 15 is 0 Å². The molecule has 0 saturated heterocycles. The zero-order valence-corrected chi connectivity index (χ0v) is 18.4. The predicted octanol–water partition coefficient (Wildman–Crippen LogP) is 5.35. The fourth-order valence-corrected chi connectivity index (χ4v) is 4.15. The molecule has 0 saturated carbocycles. The molecule has 1 N–H and O–H groups in total. The number of rotatable bonds is 6. The Morgan fingerprint density at radius 3 is 2.58 bits per heavy atom. The van der Waals surface area contributed by atoms with Crippen molar-refractivity contribution in [2.24, 2.45) is 0 Å². The number of halogens is 1. The maximum absolute atomic E-state index is 12.5. The van der Waals surface area contributed by atoms with E-state index < -0.39 is 5.97 Å². The molecule has 0 radical (unpaired) electrons. The number of carbonyl (C=O) groups is 1. The number of carboxylic acid groups (broad SMARTS) is 1. The predicted molar refractivity (Wildman–Crippen MR) is 123 cm³/mol. The average Bonchev–Trinajstić information content (AvgIpc) is 3.43. The van der Waals surface area contributed by atoms with Crippen molar-refractivity contribution in [1.82, 2.24) is 9.78 Å². The minimum absolute atomic E-state index is 0.0254. The average molecular weight is 463 g/mol. The van der Waals surface area contributed by atoms with Crippen molar-refractivity contribution in [2.75, 3.05) is 13.9 Å². The highest BCUT2D eigenvalue weighted by Crippen LogP contribution is 2.45. The summed E-state index contributed by atoms with van der Waals surface area (Å²) in [6.07, 6.45) is 0. The third-order valence-electron chi connectivity index (χ3n) is 5.40. The number of nitrogens with zero attached hydrogens (tertiary/aromatic N) is 2. The van der Waals surface area contributed by atoms with E-state index in [-0.39, 0.29) is 19.0 Å². The Morgan fingerprint density at radius 1 is 1.09 bits per heavy atom. The zero-order chi connectivity index (χ0) is 22.9. The van der Waals surface area contributed by atoms with Gasteiger partial charge in [0, 0.05) is 22.8 Å². The molecule has 0 aliphatic carbocycles. The van der Waals surface area contributed by atoms with Crippen LogP contribution in [0.4, 0.5) is 0 Å². The monoisotopic (exact) mass is 462 g/mol. The Hall–Kier alpha value is -3.97. The lowest BCUT2D eigenvalue weighted by Crippen LogP contribution is -2.12. The minimum atomic E-state index is -1.11. The van der Waals surface area contributed by atoms with E-state index in [1.807, 2.05) is 54.6 Å². The first-order valence-corrected chi connectivity index (χ1v) is 10.5. The number of aromatic nitrogens is 2. The molecule has 33 heavy (non-hydrogen) atoms. The summed E-state index contributed by atoms with van der Waals surface area (Å²) in [6, 6.07) is 20.2. The Bertz CT molecular complexity index is 1350. The first kappa shape index (κ1) is 20.9. The van der Waals surface area contributed by atoms with E-state index in [1.165, 1.54) is 4.68 Å². The van der Waals surface area contributed by atoms with E-state index in [2.05, 4.69) is 0 Å². The van der Waals surface area contributed by atoms with E-state index in [0.29, 0.717) is 39.1 Å². The molecule has 2 heterocycles. The molecule has 0 amide bonds. The zero-order valence-electron chi connectivity index (χ0n) is 17.6. The SMILES string of the molecule is COc1cccc(Cn2nc(-c3ccccc3)c(-c3cc4c(cc3Cl)OCO4)c2C(=O)O)c1. The lowest BCUT2D eigenvalue weighted by molar-refractivity contribution is 0.0685. The Balaban J connectivity index is 1.74. The first-order chi connectivity index (χ1) is 16.0. The molecule has 7 nitrogen and oxygen atoms in total. The van der Waals surface area contributed by atoms with Crippen molar-refractivity contribution in [1.29, 1.82) is 0 Å². The summed E-state index contributed by atoms with van der Waals surface area (Å²) in [5.41, 5.74) is 3.08. The second-order valence-electron chi connectivity index (χ2n) is 7.44. The lowest BCUT2D eigenvalue weighted by atomic mass is 9.98. The van der Waals surface area contributed by atoms with E-state index in [4.69, 9.17) is 30.9 Å². The van der Waals surface area contributed by atoms with E-state index in [0.717, 1.165) is 11.1 Å². The Morgan fingerprint density at radius 2 is 1.85 bits per heavy atom. The van der Waals surface area contributed by atoms with E-state index in [9.17, 15) is 9.90 Å². The summed E-state index contributed by atoms with van der Waals surface area (Å²) in [5, 5.41) is 15.3. The van der Waals surface area contributed by atoms with Crippen LogP contribution in [0.1, 0.15) is 16.1 Å². The van der Waals surface area contributed by atoms with Crippen LogP contribution < -0.4 is 14.2 Å². The fraction of sp³-hybridized carbons (Fsp3) is 0.120. The second-order valence-corrected chi connectivity index (χ2v) is 7.85. The van der Waals surface area contributed by atoms with Gasteiger partial charge < -0.3 is 19.3 Å². The number of aromatic carboxylic acids is 1. The van der Waals surface area contributed by atoms with Gasteiger partial charge in [0.05, 0.1) is 18.7 Å². The normalized spacial score (nSPS) is 12.1. The molecule has 3 aromatic carbocycles. The molecule has 0 bridgehead atoms. The molecular weight excluding hydrogens is 444 g/mol. The minimum Gasteiger partial charge on any atom is -0.497 e. The van der Waals surface area contributed by atoms with Crippen LogP contribution in [-0.4, -0.2) is 34.8 Å². The molecule has 1 aromatic heterocycles. The van der Waals surface area contributed by atoms with Crippen molar-refractivity contribution in [2.45, 2.75) is 6.54 Å². The fourth-order valence-electron chi connectivity index (χ4n) is 3.90. The summed E-state index contributed by atoms with van der Waals surface area (Å²) in [7, 11) is 1.59. The van der Waals surface area contributed by atoms with Gasteiger partial charge in [0.25, 0.3) is 0 Å². The second kappa shape index (κ2) is 8.52. The number of hydrogen-bond donors (Lipinski definition) is 1. The summed E-state index contributed by atoms with van der Waals surface area (Å²) < 4.78 is 17.7. The molecule has 0 fully saturated rings. The van der Waals surface area contributed by atoms with Gasteiger partial charge in [0.2, 0.25) is 6.79 Å². The summed E-state index contributed by atoms with van der Waals surface area (Å²) >= 11 is 6.61. The highest BCUT2D eigenvalue weighted by Gasteiger charge is 2.29. The highest BCUT2D eigenvalue weighted by atomic mass is 35.5. The van der Waals surface area contributed by atoms with Gasteiger partial charge in [-0.25, -0.2) is 4.79 Å². The number of ether oxygens (including phenoxy) is 3. The molecular formula is C25H19ClN2O5. The van der Waals surface area contributed by atoms with Crippen LogP contribution in [0.3, 0.4) is 0 Å². The van der Waals surface area contributed by atoms with Gasteiger partial charge >= 0.3 is 5.97 Å². The molecule has 1 aliphatic heterocycles. The Kier molecular flexibility index (Phi) is 5.40. The third-order valence-corrected chi connectivity index (χ3v) is 5.71. The molecule has 1 aliphatic rings. The van der Waals surface area contributed by atoms with Crippen LogP contribution in [0.25, 0.3) is 22.4 Å². The van der Waals surface area contributed by atoms with Crippen molar-refractivity contribution >= 4 is 17.6 Å². The maximum Gasteiger partial charge on any atom is 0.354 e. The van der Waals surface area contributed by atoms with Gasteiger partial charge in [0.15, 0.2) is 17.2 Å². The number of fused-ring (bicyclic) bond motifs is 1. The summed E-state index contributed by atoms with van der Waals surface area (Å²) in [4.78, 5) is 12.5. The van der Waals surface area contributed by atoms with Crippen LogP contribution in [0, 0.1) is 0 Å². The molecule has 0 atom stereocenters. The summed E-state index contributed by atoms with van der Waals surface area (Å²) in [5.74, 6) is 0.589. The van der Waals surface area contributed by atoms with Crippen LogP contribution in [0.15, 0.2) is 66.7 Å². The topological polar surface area (TPSA) is 82.8 Å². The highest BCUT2D eigenvalue weighted by molar-refractivity contribution is 6.34. The molecule has 0 unspecified atom stereocenters. The molecule has 5 rings (SSSR count). The van der Waals surface area contributed by atoms with Gasteiger partial charge in [-0.3, -0.25) is 4.68 Å². The smallest absolute Gasteiger partial charge is 0.354 e. The van der Waals surface area contributed by atoms with Crippen LogP contribution in [-0.2, 0) is 6.54 Å². The third kappa shape index (κ3) is 3.87. The molecule has 0 spiro atoms. The quantitative estimate of drug-likeness (QED) is 0.415. The van der Waals surface area contributed by atoms with Crippen molar-refractivity contribution in [3.63, 3.8) is 0 Å². The number of carboxylic acids is 1. The molecule has 8 heteroatoms. The standard InChI is InChI=1S/C25H19ClN2O5/c1-31-17-9-5-6-15(10-17)13-28-24(25(29)30)22(23(27-28)16-7-3-2-4-8-16)18-11-20-21(12-19(18)26)33-14-32-20/h2-12H,13-14H2,1H3,(H,29,30). The number of benzene rings is 3. The van der Waals surface area contributed by atoms with Gasteiger partial charge in [-0.1, -0.05) is 54.1 Å². The van der Waals surface area contributed by atoms with Crippen LogP contribution in [0.5, 0.6) is 17.2 Å². The largest absolute Gasteiger partial charge is 0.497 e. The van der Waals surface area contributed by atoms with Crippen LogP contribution in [0.2, 0.25) is 5.02 Å². The van der Waals surface area contributed by atoms with Gasteiger partial charge in [-0.2, -0.15) is 5.10 Å². The van der Waals surface area contributed by atoms with Gasteiger partial charge in [-0.15, -0.1) is 0 Å². The van der Waals surface area contributed by atoms with Gasteiger partial charge in [0.1, 0.15) is 11.4 Å². The first-order valence-electron chi connectivity index (χ1n) is 10.2. The van der Waals surface area contributed by atoms with Crippen LogP contribution >= 0.6 is 11.6 Å². The van der Waals surface area contributed by atoms with Gasteiger partial charge in [-0.05, 0) is 23.8 Å².